The molecule has 8 nitrogen and oxygen atoms in total. The van der Waals surface area contributed by atoms with Crippen LogP contribution in [0.5, 0.6) is 17.2 Å². The summed E-state index contributed by atoms with van der Waals surface area (Å²) >= 11 is 6.05. The minimum Gasteiger partial charge on any atom is -0.508 e. The summed E-state index contributed by atoms with van der Waals surface area (Å²) in [5, 5.41) is 36.4. The van der Waals surface area contributed by atoms with Crippen molar-refractivity contribution in [2.24, 2.45) is 5.10 Å². The molecule has 0 unspecified atom stereocenters. The number of rotatable bonds is 4. The zero-order chi connectivity index (χ0) is 23.7. The first-order valence-corrected chi connectivity index (χ1v) is 10.1. The number of nitrogens with one attached hydrogen (secondary N) is 2. The van der Waals surface area contributed by atoms with Crippen LogP contribution in [0, 0.1) is 0 Å². The van der Waals surface area contributed by atoms with E-state index < -0.39 is 5.91 Å². The second-order valence-electron chi connectivity index (χ2n) is 7.32. The molecular formula is C24H18ClN3O5. The van der Waals surface area contributed by atoms with Gasteiger partial charge in [0.25, 0.3) is 11.8 Å². The van der Waals surface area contributed by atoms with Crippen molar-refractivity contribution in [2.45, 2.75) is 6.92 Å². The molecule has 166 valence electrons. The van der Waals surface area contributed by atoms with Gasteiger partial charge in [-0.3, -0.25) is 9.59 Å². The maximum Gasteiger partial charge on any atom is 0.271 e. The van der Waals surface area contributed by atoms with Gasteiger partial charge in [-0.2, -0.15) is 5.10 Å². The van der Waals surface area contributed by atoms with Gasteiger partial charge in [0, 0.05) is 39.5 Å². The molecule has 1 heterocycles. The van der Waals surface area contributed by atoms with Crippen LogP contribution < -0.4 is 10.7 Å². The summed E-state index contributed by atoms with van der Waals surface area (Å²) in [5.41, 5.74) is 5.38. The van der Waals surface area contributed by atoms with E-state index in [9.17, 15) is 24.9 Å². The molecule has 0 atom stereocenters. The SMILES string of the molecule is C/C(=N\NC(=O)c1ccc(/C=C2/C(=O)Nc3ccc(Cl)cc32)cc1)c1c(O)cc(O)cc1O. The van der Waals surface area contributed by atoms with E-state index in [1.165, 1.54) is 6.92 Å². The Hall–Kier alpha value is -4.30. The largest absolute Gasteiger partial charge is 0.508 e. The van der Waals surface area contributed by atoms with E-state index in [0.29, 0.717) is 33.0 Å². The molecule has 4 rings (SSSR count). The predicted octanol–water partition coefficient (Wildman–Crippen LogP) is 4.10. The van der Waals surface area contributed by atoms with Gasteiger partial charge in [-0.15, -0.1) is 0 Å². The minimum absolute atomic E-state index is 0.00898. The molecule has 2 amide bonds. The van der Waals surface area contributed by atoms with Crippen molar-refractivity contribution in [1.82, 2.24) is 5.43 Å². The summed E-state index contributed by atoms with van der Waals surface area (Å²) in [6.45, 7) is 1.48. The predicted molar refractivity (Wildman–Crippen MR) is 126 cm³/mol. The molecule has 3 aromatic rings. The van der Waals surface area contributed by atoms with Crippen molar-refractivity contribution in [3.05, 3.63) is 81.9 Å². The van der Waals surface area contributed by atoms with Crippen molar-refractivity contribution < 1.29 is 24.9 Å². The van der Waals surface area contributed by atoms with E-state index in [-0.39, 0.29) is 34.4 Å². The number of halogens is 1. The second-order valence-corrected chi connectivity index (χ2v) is 7.76. The molecule has 1 aliphatic rings. The lowest BCUT2D eigenvalue weighted by Gasteiger charge is -2.08. The van der Waals surface area contributed by atoms with Gasteiger partial charge in [-0.25, -0.2) is 5.43 Å². The number of phenols is 3. The number of hydrogen-bond donors (Lipinski definition) is 5. The van der Waals surface area contributed by atoms with Gasteiger partial charge in [0.2, 0.25) is 0 Å². The number of hydrogen-bond acceptors (Lipinski definition) is 6. The number of nitrogens with zero attached hydrogens (tertiary/aromatic N) is 1. The van der Waals surface area contributed by atoms with Crippen LogP contribution in [0.25, 0.3) is 11.6 Å². The van der Waals surface area contributed by atoms with Gasteiger partial charge >= 0.3 is 0 Å². The van der Waals surface area contributed by atoms with E-state index in [1.807, 2.05) is 0 Å². The van der Waals surface area contributed by atoms with Crippen LogP contribution in [0.1, 0.15) is 34.0 Å². The van der Waals surface area contributed by atoms with Crippen LogP contribution in [-0.4, -0.2) is 32.8 Å². The maximum atomic E-state index is 12.4. The smallest absolute Gasteiger partial charge is 0.271 e. The quantitative estimate of drug-likeness (QED) is 0.226. The number of carbonyl (C=O) groups excluding carboxylic acids is 2. The number of phenolic OH excluding ortho intramolecular Hbond substituents is 3. The molecule has 0 fully saturated rings. The molecule has 9 heteroatoms. The van der Waals surface area contributed by atoms with Gasteiger partial charge in [-0.05, 0) is 48.9 Å². The van der Waals surface area contributed by atoms with Crippen molar-refractivity contribution >= 4 is 46.5 Å². The first-order chi connectivity index (χ1) is 15.7. The van der Waals surface area contributed by atoms with Gasteiger partial charge in [0.1, 0.15) is 17.2 Å². The third-order valence-corrected chi connectivity index (χ3v) is 5.25. The highest BCUT2D eigenvalue weighted by Crippen LogP contribution is 2.35. The van der Waals surface area contributed by atoms with Crippen LogP contribution in [0.15, 0.2) is 59.7 Å². The van der Waals surface area contributed by atoms with Crippen LogP contribution in [-0.2, 0) is 4.79 Å². The summed E-state index contributed by atoms with van der Waals surface area (Å²) in [7, 11) is 0. The maximum absolute atomic E-state index is 12.4. The Labute approximate surface area is 193 Å². The number of anilines is 1. The number of amides is 2. The van der Waals surface area contributed by atoms with Crippen molar-refractivity contribution in [3.8, 4) is 17.2 Å². The van der Waals surface area contributed by atoms with Crippen LogP contribution in [0.3, 0.4) is 0 Å². The lowest BCUT2D eigenvalue weighted by molar-refractivity contribution is -0.110. The third-order valence-electron chi connectivity index (χ3n) is 5.02. The molecule has 1 aliphatic heterocycles. The number of aromatic hydroxyl groups is 3. The average molecular weight is 464 g/mol. The molecule has 5 N–H and O–H groups in total. The van der Waals surface area contributed by atoms with Gasteiger partial charge in [0.05, 0.1) is 11.3 Å². The standard InChI is InChI=1S/C24H18ClN3O5/c1-12(22-20(30)10-16(29)11-21(22)31)27-28-23(32)14-4-2-13(3-5-14)8-18-17-9-15(25)6-7-19(17)26-24(18)33/h2-11,29-31H,1H3,(H,26,33)(H,28,32)/b18-8+,27-12+. The van der Waals surface area contributed by atoms with Crippen molar-refractivity contribution in [2.75, 3.05) is 5.32 Å². The van der Waals surface area contributed by atoms with Gasteiger partial charge in [0.15, 0.2) is 0 Å². The fourth-order valence-corrected chi connectivity index (χ4v) is 3.60. The molecule has 0 bridgehead atoms. The Kier molecular flexibility index (Phi) is 5.76. The summed E-state index contributed by atoms with van der Waals surface area (Å²) in [5.74, 6) is -1.80. The molecule has 0 spiro atoms. The molecular weight excluding hydrogens is 446 g/mol. The molecule has 0 saturated carbocycles. The van der Waals surface area contributed by atoms with Crippen LogP contribution >= 0.6 is 11.6 Å². The van der Waals surface area contributed by atoms with Gasteiger partial charge < -0.3 is 20.6 Å². The average Bonchev–Trinajstić information content (AvgIpc) is 3.06. The molecule has 0 aromatic heterocycles. The van der Waals surface area contributed by atoms with Crippen molar-refractivity contribution in [1.29, 1.82) is 0 Å². The minimum atomic E-state index is -0.512. The fourth-order valence-electron chi connectivity index (χ4n) is 3.42. The molecule has 0 aliphatic carbocycles. The van der Waals surface area contributed by atoms with Crippen molar-refractivity contribution in [3.63, 3.8) is 0 Å². The Morgan fingerprint density at radius 2 is 1.70 bits per heavy atom. The second kappa shape index (κ2) is 8.68. The number of carbonyl (C=O) groups is 2. The summed E-state index contributed by atoms with van der Waals surface area (Å²) < 4.78 is 0. The van der Waals surface area contributed by atoms with E-state index in [4.69, 9.17) is 11.6 Å². The third kappa shape index (κ3) is 4.51. The normalized spacial score (nSPS) is 14.2. The molecule has 33 heavy (non-hydrogen) atoms. The lowest BCUT2D eigenvalue weighted by atomic mass is 10.0. The fraction of sp³-hybridized carbons (Fsp3) is 0.0417. The van der Waals surface area contributed by atoms with Gasteiger partial charge in [-0.1, -0.05) is 23.7 Å². The Morgan fingerprint density at radius 1 is 1.03 bits per heavy atom. The lowest BCUT2D eigenvalue weighted by Crippen LogP contribution is -2.19. The van der Waals surface area contributed by atoms with E-state index >= 15 is 0 Å². The zero-order valence-corrected chi connectivity index (χ0v) is 18.0. The Morgan fingerprint density at radius 3 is 2.36 bits per heavy atom. The van der Waals surface area contributed by atoms with Crippen LogP contribution in [0.4, 0.5) is 5.69 Å². The zero-order valence-electron chi connectivity index (χ0n) is 17.3. The first-order valence-electron chi connectivity index (χ1n) is 9.76. The molecule has 3 aromatic carbocycles. The van der Waals surface area contributed by atoms with E-state index in [0.717, 1.165) is 12.1 Å². The topological polar surface area (TPSA) is 131 Å². The first kappa shape index (κ1) is 21.9. The van der Waals surface area contributed by atoms with E-state index in [1.54, 1.807) is 48.5 Å². The number of hydrazone groups is 1. The summed E-state index contributed by atoms with van der Waals surface area (Å²) in [6.07, 6.45) is 1.71. The van der Waals surface area contributed by atoms with Crippen LogP contribution in [0.2, 0.25) is 5.02 Å². The number of benzene rings is 3. The highest BCUT2D eigenvalue weighted by Gasteiger charge is 2.24. The molecule has 0 radical (unpaired) electrons. The monoisotopic (exact) mass is 463 g/mol. The summed E-state index contributed by atoms with van der Waals surface area (Å²) in [6, 6.07) is 13.8. The Bertz CT molecular complexity index is 1320. The number of fused-ring (bicyclic) bond motifs is 1. The summed E-state index contributed by atoms with van der Waals surface area (Å²) in [4.78, 5) is 24.7. The Balaban J connectivity index is 1.51. The van der Waals surface area contributed by atoms with E-state index in [2.05, 4.69) is 15.8 Å². The highest BCUT2D eigenvalue weighted by atomic mass is 35.5. The molecule has 0 saturated heterocycles. The highest BCUT2D eigenvalue weighted by molar-refractivity contribution is 6.36.